The molecule has 94 valence electrons. The molecule has 5 nitrogen and oxygen atoms in total. The second kappa shape index (κ2) is 9.45. The van der Waals surface area contributed by atoms with Crippen molar-refractivity contribution in [2.24, 2.45) is 5.73 Å². The molecule has 0 saturated carbocycles. The van der Waals surface area contributed by atoms with Gasteiger partial charge < -0.3 is 16.4 Å². The van der Waals surface area contributed by atoms with E-state index in [4.69, 9.17) is 5.73 Å². The molecule has 7 heteroatoms. The Kier molecular flexibility index (Phi) is 10.4. The largest absolute Gasteiger partial charge is 0.384 e. The molecule has 0 spiro atoms. The molecule has 4 N–H and O–H groups in total. The second-order valence-electron chi connectivity index (χ2n) is 2.85. The topological polar surface area (TPSA) is 75.9 Å². The number of hydrogen-bond donors (Lipinski definition) is 3. The highest BCUT2D eigenvalue weighted by atomic mass is 35.5. The highest BCUT2D eigenvalue weighted by Gasteiger charge is 2.07. The van der Waals surface area contributed by atoms with Crippen molar-refractivity contribution in [1.82, 2.24) is 10.2 Å². The molecule has 0 bridgehead atoms. The van der Waals surface area contributed by atoms with Crippen LogP contribution in [0.5, 0.6) is 0 Å². The van der Waals surface area contributed by atoms with Gasteiger partial charge in [-0.15, -0.1) is 29.9 Å². The van der Waals surface area contributed by atoms with E-state index in [1.165, 1.54) is 0 Å². The van der Waals surface area contributed by atoms with Crippen molar-refractivity contribution in [3.63, 3.8) is 0 Å². The van der Waals surface area contributed by atoms with Crippen molar-refractivity contribution in [3.05, 3.63) is 11.8 Å². The van der Waals surface area contributed by atoms with Gasteiger partial charge in [-0.3, -0.25) is 0 Å². The Balaban J connectivity index is 0. The maximum Gasteiger partial charge on any atom is 0.155 e. The fourth-order valence-electron chi connectivity index (χ4n) is 1.27. The second-order valence-corrected chi connectivity index (χ2v) is 2.85. The minimum Gasteiger partial charge on any atom is -0.384 e. The molecular formula is C9H19Cl2N5. The Morgan fingerprint density at radius 3 is 2.31 bits per heavy atom. The van der Waals surface area contributed by atoms with Crippen LogP contribution in [-0.2, 0) is 6.54 Å². The Hall–Kier alpha value is -0.780. The Labute approximate surface area is 108 Å². The summed E-state index contributed by atoms with van der Waals surface area (Å²) in [6.45, 7) is 6.18. The third kappa shape index (κ3) is 4.38. The van der Waals surface area contributed by atoms with Gasteiger partial charge in [0.25, 0.3) is 0 Å². The van der Waals surface area contributed by atoms with E-state index in [1.807, 2.05) is 13.8 Å². The molecule has 0 aliphatic heterocycles. The van der Waals surface area contributed by atoms with Gasteiger partial charge in [0.05, 0.1) is 11.9 Å². The fraction of sp³-hybridized carbons (Fsp3) is 0.556. The molecule has 0 unspecified atom stereocenters. The molecule has 1 aromatic heterocycles. The molecule has 0 aliphatic carbocycles. The van der Waals surface area contributed by atoms with E-state index < -0.39 is 0 Å². The van der Waals surface area contributed by atoms with Crippen LogP contribution in [0.15, 0.2) is 6.20 Å². The van der Waals surface area contributed by atoms with Crippen LogP contribution < -0.4 is 16.4 Å². The van der Waals surface area contributed by atoms with Crippen LogP contribution in [0.25, 0.3) is 0 Å². The monoisotopic (exact) mass is 267 g/mol. The number of rotatable bonds is 5. The van der Waals surface area contributed by atoms with Crippen molar-refractivity contribution in [3.8, 4) is 0 Å². The van der Waals surface area contributed by atoms with E-state index in [0.29, 0.717) is 6.54 Å². The van der Waals surface area contributed by atoms with Crippen molar-refractivity contribution in [2.75, 3.05) is 23.7 Å². The molecule has 0 atom stereocenters. The van der Waals surface area contributed by atoms with Gasteiger partial charge in [-0.2, -0.15) is 5.10 Å². The average Bonchev–Trinajstić information content (AvgIpc) is 2.19. The minimum absolute atomic E-state index is 0. The highest BCUT2D eigenvalue weighted by Crippen LogP contribution is 2.19. The lowest BCUT2D eigenvalue weighted by Crippen LogP contribution is -2.12. The normalized spacial score (nSPS) is 8.69. The van der Waals surface area contributed by atoms with Crippen LogP contribution in [0.3, 0.4) is 0 Å². The lowest BCUT2D eigenvalue weighted by atomic mass is 10.2. The van der Waals surface area contributed by atoms with Gasteiger partial charge in [-0.1, -0.05) is 0 Å². The molecule has 1 heterocycles. The zero-order valence-electron chi connectivity index (χ0n) is 9.49. The predicted octanol–water partition coefficient (Wildman–Crippen LogP) is 1.64. The van der Waals surface area contributed by atoms with Gasteiger partial charge in [-0.25, -0.2) is 0 Å². The van der Waals surface area contributed by atoms with Gasteiger partial charge in [0.15, 0.2) is 5.82 Å². The predicted molar refractivity (Wildman–Crippen MR) is 72.7 cm³/mol. The highest BCUT2D eigenvalue weighted by molar-refractivity contribution is 5.85. The van der Waals surface area contributed by atoms with Crippen LogP contribution in [-0.4, -0.2) is 23.3 Å². The average molecular weight is 268 g/mol. The maximum atomic E-state index is 5.66. The Bertz CT molecular complexity index is 271. The summed E-state index contributed by atoms with van der Waals surface area (Å²) in [5, 5.41) is 14.2. The Morgan fingerprint density at radius 1 is 1.19 bits per heavy atom. The number of halogens is 2. The molecule has 0 amide bonds. The van der Waals surface area contributed by atoms with E-state index in [2.05, 4.69) is 20.8 Å². The smallest absolute Gasteiger partial charge is 0.155 e. The van der Waals surface area contributed by atoms with Crippen molar-refractivity contribution in [1.29, 1.82) is 0 Å². The summed E-state index contributed by atoms with van der Waals surface area (Å²) < 4.78 is 0. The molecule has 0 radical (unpaired) electrons. The lowest BCUT2D eigenvalue weighted by molar-refractivity contribution is 0.951. The lowest BCUT2D eigenvalue weighted by Gasteiger charge is -2.12. The summed E-state index contributed by atoms with van der Waals surface area (Å²) in [6, 6.07) is 0. The van der Waals surface area contributed by atoms with Crippen molar-refractivity contribution in [2.45, 2.75) is 20.4 Å². The summed E-state index contributed by atoms with van der Waals surface area (Å²) in [5.74, 6) is 0.772. The zero-order valence-corrected chi connectivity index (χ0v) is 11.1. The third-order valence-electron chi connectivity index (χ3n) is 1.87. The van der Waals surface area contributed by atoms with Crippen molar-refractivity contribution >= 4 is 36.3 Å². The number of nitrogens with two attached hydrogens (primary N) is 1. The molecule has 0 fully saturated rings. The molecule has 1 aromatic rings. The van der Waals surface area contributed by atoms with E-state index in [0.717, 1.165) is 30.2 Å². The van der Waals surface area contributed by atoms with Crippen molar-refractivity contribution < 1.29 is 0 Å². The molecule has 16 heavy (non-hydrogen) atoms. The molecule has 0 aliphatic rings. The standard InChI is InChI=1S/C9H17N5.2ClH/c1-3-11-8-6-13-14-9(12-4-2)7(8)5-10;;/h6H,3-5,10H2,1-2H3,(H2,11,12,14);2*1H. The first-order valence-electron chi connectivity index (χ1n) is 4.85. The van der Waals surface area contributed by atoms with Gasteiger partial charge in [0.2, 0.25) is 0 Å². The van der Waals surface area contributed by atoms with E-state index in [9.17, 15) is 0 Å². The van der Waals surface area contributed by atoms with E-state index in [-0.39, 0.29) is 24.8 Å². The molecule has 0 aromatic carbocycles. The summed E-state index contributed by atoms with van der Waals surface area (Å²) in [7, 11) is 0. The maximum absolute atomic E-state index is 5.66. The summed E-state index contributed by atoms with van der Waals surface area (Å²) in [4.78, 5) is 0. The van der Waals surface area contributed by atoms with Crippen LogP contribution in [0.4, 0.5) is 11.5 Å². The van der Waals surface area contributed by atoms with Gasteiger partial charge >= 0.3 is 0 Å². The van der Waals surface area contributed by atoms with Crippen LogP contribution in [0.2, 0.25) is 0 Å². The fourth-order valence-corrected chi connectivity index (χ4v) is 1.27. The summed E-state index contributed by atoms with van der Waals surface area (Å²) in [5.41, 5.74) is 7.61. The number of hydrogen-bond acceptors (Lipinski definition) is 5. The quantitative estimate of drug-likeness (QED) is 0.757. The minimum atomic E-state index is 0. The number of anilines is 2. The number of aromatic nitrogens is 2. The van der Waals surface area contributed by atoms with E-state index >= 15 is 0 Å². The van der Waals surface area contributed by atoms with Gasteiger partial charge in [0.1, 0.15) is 0 Å². The first kappa shape index (κ1) is 17.6. The molecule has 1 rings (SSSR count). The van der Waals surface area contributed by atoms with Gasteiger partial charge in [0, 0.05) is 25.2 Å². The van der Waals surface area contributed by atoms with Crippen LogP contribution >= 0.6 is 24.8 Å². The zero-order chi connectivity index (χ0) is 10.4. The number of nitrogens with one attached hydrogen (secondary N) is 2. The van der Waals surface area contributed by atoms with Crippen LogP contribution in [0, 0.1) is 0 Å². The SMILES string of the molecule is CCNc1cnnc(NCC)c1CN.Cl.Cl. The van der Waals surface area contributed by atoms with Gasteiger partial charge in [-0.05, 0) is 13.8 Å². The Morgan fingerprint density at radius 2 is 1.81 bits per heavy atom. The first-order valence-corrected chi connectivity index (χ1v) is 4.85. The molecule has 0 saturated heterocycles. The third-order valence-corrected chi connectivity index (χ3v) is 1.87. The van der Waals surface area contributed by atoms with E-state index in [1.54, 1.807) is 6.20 Å². The number of nitrogens with zero attached hydrogens (tertiary/aromatic N) is 2. The molecular weight excluding hydrogens is 249 g/mol. The summed E-state index contributed by atoms with van der Waals surface area (Å²) in [6.07, 6.45) is 1.70. The van der Waals surface area contributed by atoms with Crippen LogP contribution in [0.1, 0.15) is 19.4 Å². The first-order chi connectivity index (χ1) is 6.83. The summed E-state index contributed by atoms with van der Waals surface area (Å²) >= 11 is 0.